The van der Waals surface area contributed by atoms with Crippen LogP contribution in [0.2, 0.25) is 0 Å². The largest absolute Gasteiger partial charge is 0.321 e. The normalized spacial score (nSPS) is 10.8. The van der Waals surface area contributed by atoms with Gasteiger partial charge >= 0.3 is 0 Å². The van der Waals surface area contributed by atoms with Crippen molar-refractivity contribution in [3.8, 4) is 0 Å². The summed E-state index contributed by atoms with van der Waals surface area (Å²) in [5.41, 5.74) is 2.16. The number of nitrogens with zero attached hydrogens (tertiary/aromatic N) is 2. The Bertz CT molecular complexity index is 1010. The molecule has 0 aliphatic carbocycles. The van der Waals surface area contributed by atoms with Crippen LogP contribution in [0.25, 0.3) is 0 Å². The molecule has 27 heavy (non-hydrogen) atoms. The fourth-order valence-corrected chi connectivity index (χ4v) is 2.64. The number of rotatable bonds is 5. The first-order valence-corrected chi connectivity index (χ1v) is 8.66. The van der Waals surface area contributed by atoms with Crippen LogP contribution >= 0.6 is 0 Å². The molecule has 3 rings (SSSR count). The summed E-state index contributed by atoms with van der Waals surface area (Å²) in [6, 6.07) is 16.1. The van der Waals surface area contributed by atoms with E-state index in [1.807, 2.05) is 24.3 Å². The Morgan fingerprint density at radius 2 is 1.85 bits per heavy atom. The van der Waals surface area contributed by atoms with Gasteiger partial charge in [-0.15, -0.1) is 0 Å². The molecule has 0 fully saturated rings. The minimum absolute atomic E-state index is 0.0841. The van der Waals surface area contributed by atoms with Gasteiger partial charge in [0.05, 0.1) is 6.54 Å². The summed E-state index contributed by atoms with van der Waals surface area (Å²) in [5.74, 6) is -0.401. The highest BCUT2D eigenvalue weighted by Gasteiger charge is 2.11. The van der Waals surface area contributed by atoms with Gasteiger partial charge < -0.3 is 5.32 Å². The highest BCUT2D eigenvalue weighted by atomic mass is 19.1. The van der Waals surface area contributed by atoms with E-state index >= 15 is 0 Å². The number of nitrogens with one attached hydrogen (secondary N) is 1. The van der Waals surface area contributed by atoms with Crippen molar-refractivity contribution in [2.24, 2.45) is 0 Å². The number of benzene rings is 2. The lowest BCUT2D eigenvalue weighted by Gasteiger charge is -2.09. The zero-order valence-corrected chi connectivity index (χ0v) is 15.1. The number of hydrogen-bond donors (Lipinski definition) is 1. The molecule has 0 unspecified atom stereocenters. The second-order valence-electron chi connectivity index (χ2n) is 6.58. The second kappa shape index (κ2) is 7.95. The topological polar surface area (TPSA) is 64.0 Å². The van der Waals surface area contributed by atoms with Crippen molar-refractivity contribution in [2.75, 3.05) is 5.32 Å². The van der Waals surface area contributed by atoms with Crippen LogP contribution in [-0.2, 0) is 6.54 Å². The summed E-state index contributed by atoms with van der Waals surface area (Å²) >= 11 is 0. The summed E-state index contributed by atoms with van der Waals surface area (Å²) in [4.78, 5) is 24.5. The van der Waals surface area contributed by atoms with E-state index < -0.39 is 5.91 Å². The van der Waals surface area contributed by atoms with Crippen LogP contribution in [0.5, 0.6) is 0 Å². The third-order valence-electron chi connectivity index (χ3n) is 4.16. The minimum atomic E-state index is -0.416. The van der Waals surface area contributed by atoms with Crippen LogP contribution < -0.4 is 10.9 Å². The molecule has 0 saturated heterocycles. The molecule has 0 radical (unpaired) electrons. The van der Waals surface area contributed by atoms with Gasteiger partial charge in [-0.05, 0) is 47.4 Å². The first kappa shape index (κ1) is 18.5. The van der Waals surface area contributed by atoms with Gasteiger partial charge in [-0.1, -0.05) is 38.1 Å². The van der Waals surface area contributed by atoms with Gasteiger partial charge in [0.2, 0.25) is 0 Å². The van der Waals surface area contributed by atoms with Crippen molar-refractivity contribution in [3.63, 3.8) is 0 Å². The molecule has 2 aromatic carbocycles. The second-order valence-corrected chi connectivity index (χ2v) is 6.58. The van der Waals surface area contributed by atoms with E-state index in [1.165, 1.54) is 29.8 Å². The van der Waals surface area contributed by atoms with Crippen LogP contribution in [0.4, 0.5) is 10.1 Å². The van der Waals surface area contributed by atoms with Gasteiger partial charge in [0.15, 0.2) is 0 Å². The lowest BCUT2D eigenvalue weighted by atomic mass is 10.0. The Kier molecular flexibility index (Phi) is 5.45. The predicted octanol–water partition coefficient (Wildman–Crippen LogP) is 3.81. The monoisotopic (exact) mass is 365 g/mol. The molecule has 0 bridgehead atoms. The Labute approximate surface area is 156 Å². The molecule has 1 N–H and O–H groups in total. The molecule has 0 atom stereocenters. The molecular weight excluding hydrogens is 345 g/mol. The van der Waals surface area contributed by atoms with E-state index in [4.69, 9.17) is 0 Å². The first-order valence-electron chi connectivity index (χ1n) is 8.66. The number of anilines is 1. The number of aromatic nitrogens is 2. The van der Waals surface area contributed by atoms with Crippen LogP contribution in [-0.4, -0.2) is 15.7 Å². The summed E-state index contributed by atoms with van der Waals surface area (Å²) in [6.45, 7) is 4.28. The first-order chi connectivity index (χ1) is 12.9. The number of hydrogen-bond acceptors (Lipinski definition) is 3. The Morgan fingerprint density at radius 1 is 1.11 bits per heavy atom. The van der Waals surface area contributed by atoms with Gasteiger partial charge in [-0.3, -0.25) is 9.59 Å². The molecule has 1 amide bonds. The van der Waals surface area contributed by atoms with E-state index in [1.54, 1.807) is 12.1 Å². The highest BCUT2D eigenvalue weighted by molar-refractivity contribution is 6.02. The molecule has 1 heterocycles. The molecule has 138 valence electrons. The van der Waals surface area contributed by atoms with Gasteiger partial charge in [-0.25, -0.2) is 9.07 Å². The number of amides is 1. The Balaban J connectivity index is 1.78. The molecule has 5 nitrogen and oxygen atoms in total. The van der Waals surface area contributed by atoms with Crippen LogP contribution in [0.3, 0.4) is 0 Å². The van der Waals surface area contributed by atoms with E-state index in [9.17, 15) is 14.0 Å². The number of halogens is 1. The quantitative estimate of drug-likeness (QED) is 0.748. The molecule has 1 aromatic heterocycles. The van der Waals surface area contributed by atoms with E-state index in [2.05, 4.69) is 24.3 Å². The van der Waals surface area contributed by atoms with Crippen LogP contribution in [0, 0.1) is 5.82 Å². The average Bonchev–Trinajstić information content (AvgIpc) is 2.64. The Hall–Kier alpha value is -3.28. The summed E-state index contributed by atoms with van der Waals surface area (Å²) in [5, 5.41) is 6.88. The van der Waals surface area contributed by atoms with Gasteiger partial charge in [0.1, 0.15) is 11.5 Å². The molecule has 6 heteroatoms. The maximum Gasteiger partial charge on any atom is 0.276 e. The van der Waals surface area contributed by atoms with E-state index in [-0.39, 0.29) is 23.6 Å². The van der Waals surface area contributed by atoms with Crippen molar-refractivity contribution < 1.29 is 9.18 Å². The molecule has 0 spiro atoms. The van der Waals surface area contributed by atoms with Gasteiger partial charge in [0, 0.05) is 11.8 Å². The maximum absolute atomic E-state index is 13.3. The van der Waals surface area contributed by atoms with Gasteiger partial charge in [0.25, 0.3) is 11.5 Å². The fourth-order valence-electron chi connectivity index (χ4n) is 2.64. The van der Waals surface area contributed by atoms with Crippen LogP contribution in [0.1, 0.15) is 41.4 Å². The third-order valence-corrected chi connectivity index (χ3v) is 4.16. The lowest BCUT2D eigenvalue weighted by molar-refractivity contribution is 0.102. The zero-order chi connectivity index (χ0) is 19.4. The van der Waals surface area contributed by atoms with Crippen molar-refractivity contribution in [1.82, 2.24) is 9.78 Å². The summed E-state index contributed by atoms with van der Waals surface area (Å²) < 4.78 is 14.5. The molecule has 0 saturated carbocycles. The Morgan fingerprint density at radius 3 is 2.52 bits per heavy atom. The summed E-state index contributed by atoms with van der Waals surface area (Å²) in [6.07, 6.45) is 0. The van der Waals surface area contributed by atoms with Crippen LogP contribution in [0.15, 0.2) is 65.5 Å². The molecular formula is C21H20FN3O2. The lowest BCUT2D eigenvalue weighted by Crippen LogP contribution is -2.26. The van der Waals surface area contributed by atoms with Crippen molar-refractivity contribution in [1.29, 1.82) is 0 Å². The van der Waals surface area contributed by atoms with E-state index in [0.29, 0.717) is 17.2 Å². The van der Waals surface area contributed by atoms with E-state index in [0.717, 1.165) is 4.68 Å². The zero-order valence-electron chi connectivity index (χ0n) is 15.1. The predicted molar refractivity (Wildman–Crippen MR) is 102 cm³/mol. The molecule has 0 aliphatic heterocycles. The third kappa shape index (κ3) is 4.67. The SMILES string of the molecule is CC(C)c1ccc(NC(=O)c2ccc(=O)n(Cc3cccc(F)c3)n2)cc1. The fraction of sp³-hybridized carbons (Fsp3) is 0.190. The summed E-state index contributed by atoms with van der Waals surface area (Å²) in [7, 11) is 0. The smallest absolute Gasteiger partial charge is 0.276 e. The number of carbonyl (C=O) groups excluding carboxylic acids is 1. The number of carbonyl (C=O) groups is 1. The maximum atomic E-state index is 13.3. The average molecular weight is 365 g/mol. The van der Waals surface area contributed by atoms with Crippen molar-refractivity contribution in [2.45, 2.75) is 26.3 Å². The minimum Gasteiger partial charge on any atom is -0.321 e. The molecule has 0 aliphatic rings. The highest BCUT2D eigenvalue weighted by Crippen LogP contribution is 2.17. The van der Waals surface area contributed by atoms with Gasteiger partial charge in [-0.2, -0.15) is 5.10 Å². The standard InChI is InChI=1S/C21H20FN3O2/c1-14(2)16-6-8-18(9-7-16)23-21(27)19-10-11-20(26)25(24-19)13-15-4-3-5-17(22)12-15/h3-12,14H,13H2,1-2H3,(H,23,27). The van der Waals surface area contributed by atoms with Crippen molar-refractivity contribution >= 4 is 11.6 Å². The molecule has 3 aromatic rings. The van der Waals surface area contributed by atoms with Crippen molar-refractivity contribution in [3.05, 3.63) is 93.7 Å².